The van der Waals surface area contributed by atoms with Crippen molar-refractivity contribution in [2.24, 2.45) is 5.92 Å². The second-order valence-electron chi connectivity index (χ2n) is 4.41. The van der Waals surface area contributed by atoms with Gasteiger partial charge in [-0.2, -0.15) is 0 Å². The van der Waals surface area contributed by atoms with E-state index in [0.29, 0.717) is 16.0 Å². The highest BCUT2D eigenvalue weighted by molar-refractivity contribution is 6.42. The smallest absolute Gasteiger partial charge is 0.0598 e. The molecule has 0 nitrogen and oxygen atoms in total. The molecule has 0 aromatic heterocycles. The molecule has 0 aliphatic heterocycles. The zero-order valence-corrected chi connectivity index (χ0v) is 13.0. The standard InChI is InChI=1S/C17H20Cl2/c1-4-14(5-2)15(6-3)9-7-8-13-10-11-16(18)17(19)12-13/h4-5,7-8,10-12,15H,1,6,9H2,2-3H3/b8-7+,14-5+. The normalized spacial score (nSPS) is 13.8. The number of halogens is 2. The first kappa shape index (κ1) is 16.1. The molecule has 0 saturated heterocycles. The molecule has 0 aliphatic carbocycles. The zero-order chi connectivity index (χ0) is 14.3. The SMILES string of the molecule is C=C/C(=C\C)C(CC)C/C=C/c1ccc(Cl)c(Cl)c1. The monoisotopic (exact) mass is 294 g/mol. The van der Waals surface area contributed by atoms with Crippen LogP contribution in [0.1, 0.15) is 32.3 Å². The summed E-state index contributed by atoms with van der Waals surface area (Å²) in [6.45, 7) is 8.12. The van der Waals surface area contributed by atoms with Crippen molar-refractivity contribution in [2.45, 2.75) is 26.7 Å². The van der Waals surface area contributed by atoms with Crippen molar-refractivity contribution in [3.05, 3.63) is 64.2 Å². The molecule has 0 radical (unpaired) electrons. The van der Waals surface area contributed by atoms with Crippen LogP contribution in [0.25, 0.3) is 6.08 Å². The van der Waals surface area contributed by atoms with Crippen LogP contribution in [-0.2, 0) is 0 Å². The minimum Gasteiger partial charge on any atom is -0.0988 e. The summed E-state index contributed by atoms with van der Waals surface area (Å²) in [5.74, 6) is 0.529. The third kappa shape index (κ3) is 4.89. The van der Waals surface area contributed by atoms with Crippen molar-refractivity contribution < 1.29 is 0 Å². The van der Waals surface area contributed by atoms with Crippen molar-refractivity contribution >= 4 is 29.3 Å². The zero-order valence-electron chi connectivity index (χ0n) is 11.5. The lowest BCUT2D eigenvalue weighted by Crippen LogP contribution is -1.99. The number of allylic oxidation sites excluding steroid dienone is 4. The molecule has 0 aliphatic rings. The van der Waals surface area contributed by atoms with E-state index in [1.165, 1.54) is 5.57 Å². The summed E-state index contributed by atoms with van der Waals surface area (Å²) in [5, 5.41) is 1.18. The minimum absolute atomic E-state index is 0.529. The van der Waals surface area contributed by atoms with E-state index in [1.54, 1.807) is 0 Å². The molecule has 1 atom stereocenters. The van der Waals surface area contributed by atoms with Crippen molar-refractivity contribution in [1.29, 1.82) is 0 Å². The molecule has 0 N–H and O–H groups in total. The molecule has 0 saturated carbocycles. The Bertz CT molecular complexity index is 484. The van der Waals surface area contributed by atoms with Crippen molar-refractivity contribution in [1.82, 2.24) is 0 Å². The summed E-state index contributed by atoms with van der Waals surface area (Å²) >= 11 is 11.9. The summed E-state index contributed by atoms with van der Waals surface area (Å²) < 4.78 is 0. The van der Waals surface area contributed by atoms with E-state index < -0.39 is 0 Å². The maximum atomic E-state index is 5.99. The van der Waals surface area contributed by atoms with Crippen LogP contribution in [0, 0.1) is 5.92 Å². The first-order chi connectivity index (χ1) is 9.12. The highest BCUT2D eigenvalue weighted by atomic mass is 35.5. The Morgan fingerprint density at radius 3 is 2.58 bits per heavy atom. The number of benzene rings is 1. The molecule has 0 bridgehead atoms. The van der Waals surface area contributed by atoms with E-state index >= 15 is 0 Å². The fourth-order valence-corrected chi connectivity index (χ4v) is 2.35. The van der Waals surface area contributed by atoms with Crippen LogP contribution < -0.4 is 0 Å². The van der Waals surface area contributed by atoms with Gasteiger partial charge in [0.1, 0.15) is 0 Å². The Kier molecular flexibility index (Phi) is 6.97. The molecule has 1 unspecified atom stereocenters. The lowest BCUT2D eigenvalue weighted by molar-refractivity contribution is 0.614. The minimum atomic E-state index is 0.529. The van der Waals surface area contributed by atoms with Gasteiger partial charge in [-0.15, -0.1) is 0 Å². The molecule has 2 heteroatoms. The molecule has 0 amide bonds. The lowest BCUT2D eigenvalue weighted by Gasteiger charge is -2.13. The summed E-state index contributed by atoms with van der Waals surface area (Å²) in [7, 11) is 0. The predicted molar refractivity (Wildman–Crippen MR) is 87.8 cm³/mol. The van der Waals surface area contributed by atoms with Gasteiger partial charge in [0.05, 0.1) is 10.0 Å². The van der Waals surface area contributed by atoms with E-state index in [1.807, 2.05) is 24.3 Å². The number of hydrogen-bond donors (Lipinski definition) is 0. The Labute approximate surface area is 126 Å². The van der Waals surface area contributed by atoms with E-state index in [4.69, 9.17) is 23.2 Å². The molecule has 0 fully saturated rings. The predicted octanol–water partition coefficient (Wildman–Crippen LogP) is 6.56. The molecule has 1 aromatic carbocycles. The highest BCUT2D eigenvalue weighted by Gasteiger charge is 2.06. The average Bonchev–Trinajstić information content (AvgIpc) is 2.42. The maximum Gasteiger partial charge on any atom is 0.0598 e. The topological polar surface area (TPSA) is 0 Å². The van der Waals surface area contributed by atoms with Gasteiger partial charge in [-0.1, -0.05) is 67.1 Å². The molecule has 1 rings (SSSR count). The van der Waals surface area contributed by atoms with Crippen LogP contribution in [0.2, 0.25) is 10.0 Å². The van der Waals surface area contributed by atoms with Crippen LogP contribution in [0.5, 0.6) is 0 Å². The Morgan fingerprint density at radius 2 is 2.05 bits per heavy atom. The second kappa shape index (κ2) is 8.24. The van der Waals surface area contributed by atoms with Gasteiger partial charge in [-0.05, 0) is 49.0 Å². The third-order valence-corrected chi connectivity index (χ3v) is 3.95. The van der Waals surface area contributed by atoms with Crippen LogP contribution in [0.4, 0.5) is 0 Å². The van der Waals surface area contributed by atoms with Crippen LogP contribution in [0.15, 0.2) is 48.6 Å². The fourth-order valence-electron chi connectivity index (χ4n) is 2.04. The number of rotatable bonds is 6. The largest absolute Gasteiger partial charge is 0.0988 e. The molecule has 0 heterocycles. The summed E-state index contributed by atoms with van der Waals surface area (Å²) in [6, 6.07) is 5.67. The Hall–Kier alpha value is -0.980. The van der Waals surface area contributed by atoms with Crippen molar-refractivity contribution in [2.75, 3.05) is 0 Å². The van der Waals surface area contributed by atoms with E-state index in [2.05, 4.69) is 38.7 Å². The Balaban J connectivity index is 2.71. The van der Waals surface area contributed by atoms with Crippen LogP contribution in [-0.4, -0.2) is 0 Å². The summed E-state index contributed by atoms with van der Waals surface area (Å²) in [4.78, 5) is 0. The van der Waals surface area contributed by atoms with E-state index in [0.717, 1.165) is 18.4 Å². The average molecular weight is 295 g/mol. The molecule has 1 aromatic rings. The van der Waals surface area contributed by atoms with Crippen molar-refractivity contribution in [3.63, 3.8) is 0 Å². The second-order valence-corrected chi connectivity index (χ2v) is 5.22. The van der Waals surface area contributed by atoms with Crippen LogP contribution in [0.3, 0.4) is 0 Å². The first-order valence-corrected chi connectivity index (χ1v) is 7.28. The fraction of sp³-hybridized carbons (Fsp3) is 0.294. The lowest BCUT2D eigenvalue weighted by atomic mass is 9.92. The van der Waals surface area contributed by atoms with Crippen LogP contribution >= 0.6 is 23.2 Å². The van der Waals surface area contributed by atoms with Crippen molar-refractivity contribution in [3.8, 4) is 0 Å². The third-order valence-electron chi connectivity index (χ3n) is 3.21. The first-order valence-electron chi connectivity index (χ1n) is 6.52. The van der Waals surface area contributed by atoms with E-state index in [9.17, 15) is 0 Å². The van der Waals surface area contributed by atoms with Gasteiger partial charge < -0.3 is 0 Å². The van der Waals surface area contributed by atoms with Gasteiger partial charge in [-0.25, -0.2) is 0 Å². The Morgan fingerprint density at radius 1 is 1.32 bits per heavy atom. The molecule has 102 valence electrons. The molecule has 19 heavy (non-hydrogen) atoms. The van der Waals surface area contributed by atoms with Gasteiger partial charge in [0, 0.05) is 0 Å². The van der Waals surface area contributed by atoms with Gasteiger partial charge >= 0.3 is 0 Å². The molecular weight excluding hydrogens is 275 g/mol. The number of hydrogen-bond acceptors (Lipinski definition) is 0. The van der Waals surface area contributed by atoms with Gasteiger partial charge in [0.2, 0.25) is 0 Å². The van der Waals surface area contributed by atoms with Gasteiger partial charge in [0.25, 0.3) is 0 Å². The molecule has 0 spiro atoms. The quantitative estimate of drug-likeness (QED) is 0.522. The molecular formula is C17H20Cl2. The highest BCUT2D eigenvalue weighted by Crippen LogP contribution is 2.24. The summed E-state index contributed by atoms with van der Waals surface area (Å²) in [6.07, 6.45) is 10.5. The van der Waals surface area contributed by atoms with Gasteiger partial charge in [0.15, 0.2) is 0 Å². The maximum absolute atomic E-state index is 5.99. The van der Waals surface area contributed by atoms with Gasteiger partial charge in [-0.3, -0.25) is 0 Å². The van der Waals surface area contributed by atoms with E-state index in [-0.39, 0.29) is 0 Å². The summed E-state index contributed by atoms with van der Waals surface area (Å²) in [5.41, 5.74) is 2.38.